The summed E-state index contributed by atoms with van der Waals surface area (Å²) in [5.74, 6) is 0. The molecule has 0 unspecified atom stereocenters. The van der Waals surface area contributed by atoms with Crippen molar-refractivity contribution in [3.05, 3.63) is 57.0 Å². The molecule has 0 atom stereocenters. The van der Waals surface area contributed by atoms with E-state index in [-0.39, 0.29) is 0 Å². The number of hydrogen-bond acceptors (Lipinski definition) is 3. The van der Waals surface area contributed by atoms with Gasteiger partial charge in [-0.15, -0.1) is 11.3 Å². The number of nitrogens with one attached hydrogen (secondary N) is 2. The van der Waals surface area contributed by atoms with E-state index < -0.39 is 0 Å². The van der Waals surface area contributed by atoms with Crippen molar-refractivity contribution in [1.82, 2.24) is 10.2 Å². The highest BCUT2D eigenvalue weighted by Crippen LogP contribution is 2.28. The second-order valence-electron chi connectivity index (χ2n) is 4.23. The largest absolute Gasteiger partial charge is 0.381 e. The van der Waals surface area contributed by atoms with E-state index in [9.17, 15) is 0 Å². The molecule has 0 fully saturated rings. The molecule has 2 heterocycles. The number of H-pyrrole nitrogens is 1. The topological polar surface area (TPSA) is 40.7 Å². The van der Waals surface area contributed by atoms with Crippen LogP contribution in [0.5, 0.6) is 0 Å². The van der Waals surface area contributed by atoms with Crippen molar-refractivity contribution in [2.75, 3.05) is 5.32 Å². The molecule has 20 heavy (non-hydrogen) atoms. The van der Waals surface area contributed by atoms with E-state index >= 15 is 0 Å². The van der Waals surface area contributed by atoms with Gasteiger partial charge in [0.15, 0.2) is 0 Å². The molecule has 6 heteroatoms. The molecule has 0 aliphatic heterocycles. The lowest BCUT2D eigenvalue weighted by atomic mass is 10.2. The Morgan fingerprint density at radius 3 is 3.00 bits per heavy atom. The molecular formula is C14H11BrClN3S. The lowest BCUT2D eigenvalue weighted by molar-refractivity contribution is 1.10. The van der Waals surface area contributed by atoms with E-state index in [4.69, 9.17) is 11.6 Å². The lowest BCUT2D eigenvalue weighted by Crippen LogP contribution is -1.99. The van der Waals surface area contributed by atoms with Crippen molar-refractivity contribution in [3.63, 3.8) is 0 Å². The molecule has 102 valence electrons. The molecule has 3 aromatic rings. The first-order chi connectivity index (χ1) is 9.74. The Kier molecular flexibility index (Phi) is 4.10. The lowest BCUT2D eigenvalue weighted by Gasteiger charge is -2.07. The maximum absolute atomic E-state index is 6.08. The molecule has 0 spiro atoms. The van der Waals surface area contributed by atoms with Gasteiger partial charge in [0.1, 0.15) is 0 Å². The fourth-order valence-corrected chi connectivity index (χ4v) is 3.07. The van der Waals surface area contributed by atoms with Gasteiger partial charge < -0.3 is 5.32 Å². The summed E-state index contributed by atoms with van der Waals surface area (Å²) in [5.41, 5.74) is 3.18. The van der Waals surface area contributed by atoms with Crippen LogP contribution in [0, 0.1) is 0 Å². The zero-order valence-corrected chi connectivity index (χ0v) is 13.5. The van der Waals surface area contributed by atoms with Crippen LogP contribution in [0.15, 0.2) is 46.4 Å². The van der Waals surface area contributed by atoms with Gasteiger partial charge in [0, 0.05) is 22.3 Å². The van der Waals surface area contributed by atoms with Gasteiger partial charge in [-0.3, -0.25) is 5.10 Å². The second-order valence-corrected chi connectivity index (χ2v) is 6.44. The molecular weight excluding hydrogens is 358 g/mol. The van der Waals surface area contributed by atoms with Gasteiger partial charge in [0.25, 0.3) is 0 Å². The third-order valence-electron chi connectivity index (χ3n) is 2.89. The maximum atomic E-state index is 6.08. The number of aromatic amines is 1. The molecule has 0 saturated carbocycles. The van der Waals surface area contributed by atoms with Gasteiger partial charge in [-0.1, -0.05) is 17.7 Å². The molecule has 2 aromatic heterocycles. The zero-order valence-electron chi connectivity index (χ0n) is 10.4. The Morgan fingerprint density at radius 2 is 2.25 bits per heavy atom. The molecule has 0 bridgehead atoms. The van der Waals surface area contributed by atoms with Crippen molar-refractivity contribution in [1.29, 1.82) is 0 Å². The number of hydrogen-bond donors (Lipinski definition) is 2. The zero-order chi connectivity index (χ0) is 13.9. The highest BCUT2D eigenvalue weighted by Gasteiger charge is 2.08. The Morgan fingerprint density at radius 1 is 1.35 bits per heavy atom. The minimum atomic E-state index is 0.695. The van der Waals surface area contributed by atoms with Gasteiger partial charge in [-0.25, -0.2) is 0 Å². The number of nitrogens with zero attached hydrogens (tertiary/aromatic N) is 1. The number of rotatable bonds is 4. The first-order valence-electron chi connectivity index (χ1n) is 5.99. The predicted octanol–water partition coefficient (Wildman–Crippen LogP) is 5.17. The van der Waals surface area contributed by atoms with E-state index in [1.807, 2.05) is 30.5 Å². The first-order valence-corrected chi connectivity index (χ1v) is 8.04. The summed E-state index contributed by atoms with van der Waals surface area (Å²) in [6, 6.07) is 9.93. The van der Waals surface area contributed by atoms with Crippen LogP contribution in [0.1, 0.15) is 5.56 Å². The number of benzene rings is 1. The molecule has 3 nitrogen and oxygen atoms in total. The summed E-state index contributed by atoms with van der Waals surface area (Å²) < 4.78 is 0.896. The minimum Gasteiger partial charge on any atom is -0.381 e. The van der Waals surface area contributed by atoms with Crippen LogP contribution in [-0.4, -0.2) is 10.2 Å². The van der Waals surface area contributed by atoms with E-state index in [0.717, 1.165) is 21.4 Å². The van der Waals surface area contributed by atoms with Crippen LogP contribution in [0.3, 0.4) is 0 Å². The molecule has 2 N–H and O–H groups in total. The van der Waals surface area contributed by atoms with Crippen LogP contribution in [-0.2, 0) is 6.54 Å². The standard InChI is InChI=1S/C14H11BrClN3S/c15-11-4-3-10(6-12(11)16)17-7-9-8-18-19-14(9)13-2-1-5-20-13/h1-6,8,17H,7H2,(H,18,19). The van der Waals surface area contributed by atoms with Gasteiger partial charge in [0.05, 0.1) is 21.8 Å². The average molecular weight is 369 g/mol. The Bertz CT molecular complexity index is 709. The Labute approximate surface area is 134 Å². The Balaban J connectivity index is 1.76. The highest BCUT2D eigenvalue weighted by atomic mass is 79.9. The average Bonchev–Trinajstić information content (AvgIpc) is 3.09. The van der Waals surface area contributed by atoms with Crippen molar-refractivity contribution in [3.8, 4) is 10.6 Å². The number of aromatic nitrogens is 2. The van der Waals surface area contributed by atoms with E-state index in [1.54, 1.807) is 11.3 Å². The summed E-state index contributed by atoms with van der Waals surface area (Å²) in [4.78, 5) is 1.19. The number of anilines is 1. The van der Waals surface area contributed by atoms with Crippen LogP contribution < -0.4 is 5.32 Å². The van der Waals surface area contributed by atoms with E-state index in [1.165, 1.54) is 4.88 Å². The molecule has 0 aliphatic rings. The van der Waals surface area contributed by atoms with Gasteiger partial charge >= 0.3 is 0 Å². The fourth-order valence-electron chi connectivity index (χ4n) is 1.88. The van der Waals surface area contributed by atoms with Crippen molar-refractivity contribution >= 4 is 44.6 Å². The van der Waals surface area contributed by atoms with Gasteiger partial charge in [-0.05, 0) is 45.6 Å². The molecule has 0 saturated heterocycles. The predicted molar refractivity (Wildman–Crippen MR) is 88.4 cm³/mol. The van der Waals surface area contributed by atoms with Gasteiger partial charge in [0.2, 0.25) is 0 Å². The third kappa shape index (κ3) is 2.90. The van der Waals surface area contributed by atoms with Crippen LogP contribution in [0.4, 0.5) is 5.69 Å². The maximum Gasteiger partial charge on any atom is 0.0799 e. The van der Waals surface area contributed by atoms with Crippen LogP contribution >= 0.6 is 38.9 Å². The SMILES string of the molecule is Clc1cc(NCc2cn[nH]c2-c2cccs2)ccc1Br. The van der Waals surface area contributed by atoms with Gasteiger partial charge in [-0.2, -0.15) is 5.10 Å². The van der Waals surface area contributed by atoms with Crippen molar-refractivity contribution < 1.29 is 0 Å². The van der Waals surface area contributed by atoms with Crippen molar-refractivity contribution in [2.24, 2.45) is 0 Å². The van der Waals surface area contributed by atoms with E-state index in [0.29, 0.717) is 11.6 Å². The second kappa shape index (κ2) is 5.99. The quantitative estimate of drug-likeness (QED) is 0.667. The summed E-state index contributed by atoms with van der Waals surface area (Å²) in [5, 5.41) is 13.3. The monoisotopic (exact) mass is 367 g/mol. The molecule has 1 aromatic carbocycles. The van der Waals surface area contributed by atoms with E-state index in [2.05, 4.69) is 42.9 Å². The Hall–Kier alpha value is -1.30. The van der Waals surface area contributed by atoms with Crippen LogP contribution in [0.2, 0.25) is 5.02 Å². The molecule has 3 rings (SSSR count). The van der Waals surface area contributed by atoms with Crippen LogP contribution in [0.25, 0.3) is 10.6 Å². The molecule has 0 aliphatic carbocycles. The first kappa shape index (κ1) is 13.7. The summed E-state index contributed by atoms with van der Waals surface area (Å²) in [7, 11) is 0. The summed E-state index contributed by atoms with van der Waals surface area (Å²) in [6.07, 6.45) is 1.85. The number of halogens is 2. The normalized spacial score (nSPS) is 10.7. The minimum absolute atomic E-state index is 0.695. The summed E-state index contributed by atoms with van der Waals surface area (Å²) >= 11 is 11.2. The number of thiophene rings is 1. The van der Waals surface area contributed by atoms with Crippen molar-refractivity contribution in [2.45, 2.75) is 6.54 Å². The fraction of sp³-hybridized carbons (Fsp3) is 0.0714. The molecule has 0 radical (unpaired) electrons. The highest BCUT2D eigenvalue weighted by molar-refractivity contribution is 9.10. The smallest absolute Gasteiger partial charge is 0.0799 e. The summed E-state index contributed by atoms with van der Waals surface area (Å²) in [6.45, 7) is 0.696. The third-order valence-corrected chi connectivity index (χ3v) is 5.01. The molecule has 0 amide bonds.